The Balaban J connectivity index is 0.00000338. The SMILES string of the molecule is CN=C(NCC(C)(C)S(C)(=O)=O)NC1CCN(c2ncccc2F)C1.I. The summed E-state index contributed by atoms with van der Waals surface area (Å²) in [4.78, 5) is 10.1. The summed E-state index contributed by atoms with van der Waals surface area (Å²) in [6.07, 6.45) is 3.61. The third-order valence-electron chi connectivity index (χ3n) is 4.48. The minimum atomic E-state index is -3.19. The van der Waals surface area contributed by atoms with Crippen LogP contribution < -0.4 is 15.5 Å². The van der Waals surface area contributed by atoms with Crippen LogP contribution in [0.4, 0.5) is 10.2 Å². The highest BCUT2D eigenvalue weighted by Gasteiger charge is 2.31. The zero-order chi connectivity index (χ0) is 18.7. The molecular weight excluding hydrogens is 472 g/mol. The number of hydrogen-bond acceptors (Lipinski definition) is 5. The predicted molar refractivity (Wildman–Crippen MR) is 114 cm³/mol. The van der Waals surface area contributed by atoms with Crippen LogP contribution in [0.2, 0.25) is 0 Å². The second-order valence-electron chi connectivity index (χ2n) is 6.84. The van der Waals surface area contributed by atoms with Gasteiger partial charge in [0.25, 0.3) is 0 Å². The monoisotopic (exact) mass is 499 g/mol. The van der Waals surface area contributed by atoms with Crippen LogP contribution in [-0.4, -0.2) is 63.1 Å². The standard InChI is InChI=1S/C16H26FN5O2S.HI/c1-16(2,25(4,23)24)11-20-15(18-3)21-12-7-9-22(10-12)14-13(17)6-5-8-19-14;/h5-6,8,12H,7,9-11H2,1-4H3,(H2,18,20,21);1H. The second-order valence-corrected chi connectivity index (χ2v) is 9.49. The summed E-state index contributed by atoms with van der Waals surface area (Å²) < 4.78 is 36.5. The fourth-order valence-electron chi connectivity index (χ4n) is 2.50. The van der Waals surface area contributed by atoms with E-state index in [0.29, 0.717) is 24.9 Å². The zero-order valence-electron chi connectivity index (χ0n) is 15.5. The number of halogens is 2. The highest BCUT2D eigenvalue weighted by atomic mass is 127. The molecular formula is C16H27FIN5O2S. The van der Waals surface area contributed by atoms with Crippen LogP contribution >= 0.6 is 24.0 Å². The lowest BCUT2D eigenvalue weighted by Crippen LogP contribution is -2.50. The van der Waals surface area contributed by atoms with Gasteiger partial charge >= 0.3 is 0 Å². The number of nitrogens with one attached hydrogen (secondary N) is 2. The molecule has 2 heterocycles. The summed E-state index contributed by atoms with van der Waals surface area (Å²) >= 11 is 0. The maximum Gasteiger partial charge on any atom is 0.191 e. The fourth-order valence-corrected chi connectivity index (χ4v) is 2.83. The van der Waals surface area contributed by atoms with Gasteiger partial charge in [0.15, 0.2) is 27.4 Å². The van der Waals surface area contributed by atoms with Crippen molar-refractivity contribution in [3.63, 3.8) is 0 Å². The maximum absolute atomic E-state index is 13.8. The molecule has 1 aliphatic rings. The van der Waals surface area contributed by atoms with E-state index in [1.54, 1.807) is 33.2 Å². The lowest BCUT2D eigenvalue weighted by atomic mass is 10.2. The van der Waals surface area contributed by atoms with Crippen LogP contribution in [0, 0.1) is 5.82 Å². The number of rotatable bonds is 5. The normalized spacial score (nSPS) is 18.4. The number of guanidine groups is 1. The predicted octanol–water partition coefficient (Wildman–Crippen LogP) is 1.41. The van der Waals surface area contributed by atoms with Crippen molar-refractivity contribution in [2.75, 3.05) is 37.8 Å². The number of hydrogen-bond donors (Lipinski definition) is 2. The van der Waals surface area contributed by atoms with Gasteiger partial charge in [-0.25, -0.2) is 17.8 Å². The van der Waals surface area contributed by atoms with Gasteiger partial charge in [0, 0.05) is 45.2 Å². The minimum Gasteiger partial charge on any atom is -0.355 e. The Morgan fingerprint density at radius 2 is 2.19 bits per heavy atom. The molecule has 1 aromatic rings. The molecule has 26 heavy (non-hydrogen) atoms. The Kier molecular flexibility index (Phi) is 8.05. The Morgan fingerprint density at radius 1 is 1.50 bits per heavy atom. The van der Waals surface area contributed by atoms with Gasteiger partial charge < -0.3 is 15.5 Å². The molecule has 148 valence electrons. The van der Waals surface area contributed by atoms with E-state index in [0.717, 1.165) is 6.42 Å². The number of pyridine rings is 1. The molecule has 1 atom stereocenters. The van der Waals surface area contributed by atoms with Crippen LogP contribution in [0.25, 0.3) is 0 Å². The largest absolute Gasteiger partial charge is 0.355 e. The van der Waals surface area contributed by atoms with Crippen LogP contribution in [0.3, 0.4) is 0 Å². The molecule has 1 unspecified atom stereocenters. The van der Waals surface area contributed by atoms with E-state index in [4.69, 9.17) is 0 Å². The highest BCUT2D eigenvalue weighted by Crippen LogP contribution is 2.20. The van der Waals surface area contributed by atoms with E-state index in [1.807, 2.05) is 4.90 Å². The summed E-state index contributed by atoms with van der Waals surface area (Å²) in [5, 5.41) is 6.32. The number of nitrogens with zero attached hydrogens (tertiary/aromatic N) is 3. The van der Waals surface area contributed by atoms with E-state index >= 15 is 0 Å². The van der Waals surface area contributed by atoms with Crippen molar-refractivity contribution in [1.82, 2.24) is 15.6 Å². The van der Waals surface area contributed by atoms with E-state index in [2.05, 4.69) is 20.6 Å². The van der Waals surface area contributed by atoms with Gasteiger partial charge in [0.1, 0.15) is 0 Å². The first-order valence-electron chi connectivity index (χ1n) is 8.16. The molecule has 10 heteroatoms. The summed E-state index contributed by atoms with van der Waals surface area (Å²) in [6.45, 7) is 4.88. The lowest BCUT2D eigenvalue weighted by Gasteiger charge is -2.25. The van der Waals surface area contributed by atoms with Crippen LogP contribution in [0.15, 0.2) is 23.3 Å². The Hall–Kier alpha value is -1.17. The van der Waals surface area contributed by atoms with E-state index < -0.39 is 14.6 Å². The van der Waals surface area contributed by atoms with Gasteiger partial charge in [-0.2, -0.15) is 0 Å². The molecule has 1 saturated heterocycles. The maximum atomic E-state index is 13.8. The van der Waals surface area contributed by atoms with Crippen molar-refractivity contribution in [1.29, 1.82) is 0 Å². The van der Waals surface area contributed by atoms with Gasteiger partial charge in [-0.15, -0.1) is 24.0 Å². The minimum absolute atomic E-state index is 0. The topological polar surface area (TPSA) is 86.7 Å². The molecule has 0 aliphatic carbocycles. The van der Waals surface area contributed by atoms with E-state index in [-0.39, 0.29) is 42.4 Å². The van der Waals surface area contributed by atoms with Gasteiger partial charge in [-0.3, -0.25) is 4.99 Å². The van der Waals surface area contributed by atoms with Gasteiger partial charge in [0.05, 0.1) is 4.75 Å². The smallest absolute Gasteiger partial charge is 0.191 e. The molecule has 2 N–H and O–H groups in total. The molecule has 0 bridgehead atoms. The molecule has 1 aliphatic heterocycles. The number of aliphatic imine (C=N–C) groups is 1. The first-order valence-corrected chi connectivity index (χ1v) is 10.1. The molecule has 0 spiro atoms. The molecule has 0 radical (unpaired) electrons. The summed E-state index contributed by atoms with van der Waals surface area (Å²) in [6, 6.07) is 3.05. The Morgan fingerprint density at radius 3 is 2.77 bits per heavy atom. The Bertz CT molecular complexity index is 742. The molecule has 2 rings (SSSR count). The van der Waals surface area contributed by atoms with Gasteiger partial charge in [-0.05, 0) is 32.4 Å². The quantitative estimate of drug-likeness (QED) is 0.362. The van der Waals surface area contributed by atoms with Crippen molar-refractivity contribution in [3.05, 3.63) is 24.1 Å². The first-order chi connectivity index (χ1) is 11.6. The average molecular weight is 499 g/mol. The second kappa shape index (κ2) is 9.16. The van der Waals surface area contributed by atoms with Crippen molar-refractivity contribution in [3.8, 4) is 0 Å². The summed E-state index contributed by atoms with van der Waals surface area (Å²) in [5.74, 6) is 0.554. The lowest BCUT2D eigenvalue weighted by molar-refractivity contribution is 0.542. The Labute approximate surface area is 171 Å². The van der Waals surface area contributed by atoms with Crippen molar-refractivity contribution in [2.24, 2.45) is 4.99 Å². The van der Waals surface area contributed by atoms with E-state index in [9.17, 15) is 12.8 Å². The third-order valence-corrected chi connectivity index (χ3v) is 6.63. The highest BCUT2D eigenvalue weighted by molar-refractivity contribution is 14.0. The molecule has 7 nitrogen and oxygen atoms in total. The third kappa shape index (κ3) is 5.66. The average Bonchev–Trinajstić information content (AvgIpc) is 2.99. The summed E-state index contributed by atoms with van der Waals surface area (Å²) in [7, 11) is -1.55. The van der Waals surface area contributed by atoms with Crippen molar-refractivity contribution >= 4 is 45.6 Å². The van der Waals surface area contributed by atoms with Crippen LogP contribution in [0.1, 0.15) is 20.3 Å². The van der Waals surface area contributed by atoms with Crippen molar-refractivity contribution < 1.29 is 12.8 Å². The molecule has 0 aromatic carbocycles. The van der Waals surface area contributed by atoms with E-state index in [1.165, 1.54) is 12.3 Å². The van der Waals surface area contributed by atoms with Crippen LogP contribution in [0.5, 0.6) is 0 Å². The molecule has 0 amide bonds. The summed E-state index contributed by atoms with van der Waals surface area (Å²) in [5.41, 5.74) is 0. The molecule has 1 fully saturated rings. The van der Waals surface area contributed by atoms with Crippen LogP contribution in [-0.2, 0) is 9.84 Å². The zero-order valence-corrected chi connectivity index (χ0v) is 18.6. The number of sulfone groups is 1. The van der Waals surface area contributed by atoms with Gasteiger partial charge in [0.2, 0.25) is 0 Å². The number of anilines is 1. The number of aromatic nitrogens is 1. The molecule has 1 aromatic heterocycles. The fraction of sp³-hybridized carbons (Fsp3) is 0.625. The van der Waals surface area contributed by atoms with Crippen molar-refractivity contribution in [2.45, 2.75) is 31.1 Å². The molecule has 0 saturated carbocycles. The first kappa shape index (κ1) is 22.9. The van der Waals surface area contributed by atoms with Gasteiger partial charge in [-0.1, -0.05) is 0 Å².